The molecule has 5 rings (SSSR count). The number of nitrogens with zero attached hydrogens (tertiary/aromatic N) is 3. The van der Waals surface area contributed by atoms with Gasteiger partial charge in [0.2, 0.25) is 12.7 Å². The molecule has 0 unspecified atom stereocenters. The van der Waals surface area contributed by atoms with Crippen LogP contribution in [0.15, 0.2) is 47.8 Å². The van der Waals surface area contributed by atoms with Crippen LogP contribution in [0.4, 0.5) is 10.8 Å². The zero-order chi connectivity index (χ0) is 22.8. The highest BCUT2D eigenvalue weighted by molar-refractivity contribution is 7.14. The molecule has 3 heterocycles. The molecule has 0 radical (unpaired) electrons. The lowest BCUT2D eigenvalue weighted by atomic mass is 10.2. The van der Waals surface area contributed by atoms with E-state index >= 15 is 0 Å². The topological polar surface area (TPSA) is 84.0 Å². The number of halogens is 1. The lowest BCUT2D eigenvalue weighted by Gasteiger charge is -2.36. The molecule has 8 nitrogen and oxygen atoms in total. The summed E-state index contributed by atoms with van der Waals surface area (Å²) in [6.07, 6.45) is 0.197. The first-order valence-electron chi connectivity index (χ1n) is 10.5. The molecule has 1 aromatic heterocycles. The Morgan fingerprint density at radius 1 is 1.06 bits per heavy atom. The fraction of sp³-hybridized carbons (Fsp3) is 0.261. The maximum atomic E-state index is 12.8. The third kappa shape index (κ3) is 4.74. The monoisotopic (exact) mass is 484 g/mol. The number of ether oxygens (including phenoxy) is 2. The lowest BCUT2D eigenvalue weighted by molar-refractivity contribution is -0.130. The minimum absolute atomic E-state index is 0.0211. The third-order valence-corrected chi connectivity index (χ3v) is 6.69. The summed E-state index contributed by atoms with van der Waals surface area (Å²) in [7, 11) is 0. The van der Waals surface area contributed by atoms with Crippen LogP contribution in [0.1, 0.15) is 16.1 Å². The van der Waals surface area contributed by atoms with Gasteiger partial charge in [-0.1, -0.05) is 23.7 Å². The summed E-state index contributed by atoms with van der Waals surface area (Å²) in [5.41, 5.74) is 2.08. The van der Waals surface area contributed by atoms with Gasteiger partial charge in [0.15, 0.2) is 16.6 Å². The van der Waals surface area contributed by atoms with Crippen LogP contribution in [0.3, 0.4) is 0 Å². The van der Waals surface area contributed by atoms with E-state index in [1.54, 1.807) is 23.6 Å². The lowest BCUT2D eigenvalue weighted by Crippen LogP contribution is -2.49. The number of piperazine rings is 1. The molecule has 0 saturated carbocycles. The molecular weight excluding hydrogens is 464 g/mol. The first-order valence-corrected chi connectivity index (χ1v) is 11.8. The first kappa shape index (κ1) is 21.5. The van der Waals surface area contributed by atoms with Crippen LogP contribution in [0, 0.1) is 0 Å². The number of carbonyl (C=O) groups excluding carboxylic acids is 2. The predicted molar refractivity (Wildman–Crippen MR) is 127 cm³/mol. The number of nitrogens with one attached hydrogen (secondary N) is 1. The smallest absolute Gasteiger partial charge is 0.257 e. The van der Waals surface area contributed by atoms with Crippen molar-refractivity contribution in [3.63, 3.8) is 0 Å². The second kappa shape index (κ2) is 9.29. The molecule has 1 N–H and O–H groups in total. The highest BCUT2D eigenvalue weighted by atomic mass is 35.5. The molecule has 2 aliphatic heterocycles. The van der Waals surface area contributed by atoms with Gasteiger partial charge in [0.05, 0.1) is 22.8 Å². The standard InChI is InChI=1S/C23H21ClN4O4S/c24-17-3-1-2-4-18(17)27-7-9-28(10-8-27)21(29)12-16-13-33-23(25-16)26-22(30)15-5-6-19-20(11-15)32-14-31-19/h1-6,11,13H,7-10,12,14H2,(H,25,26,30). The van der Waals surface area contributed by atoms with Gasteiger partial charge < -0.3 is 19.3 Å². The minimum atomic E-state index is -0.295. The average Bonchev–Trinajstić information content (AvgIpc) is 3.48. The van der Waals surface area contributed by atoms with Gasteiger partial charge >= 0.3 is 0 Å². The van der Waals surface area contributed by atoms with E-state index in [2.05, 4.69) is 15.2 Å². The normalized spacial score (nSPS) is 14.9. The number of thiazole rings is 1. The van der Waals surface area contributed by atoms with Gasteiger partial charge in [-0.3, -0.25) is 14.9 Å². The number of amides is 2. The van der Waals surface area contributed by atoms with E-state index < -0.39 is 0 Å². The van der Waals surface area contributed by atoms with Crippen LogP contribution in [0.25, 0.3) is 0 Å². The summed E-state index contributed by atoms with van der Waals surface area (Å²) < 4.78 is 10.6. The molecule has 0 spiro atoms. The predicted octanol–water partition coefficient (Wildman–Crippen LogP) is 3.67. The van der Waals surface area contributed by atoms with E-state index in [1.165, 1.54) is 11.3 Å². The summed E-state index contributed by atoms with van der Waals surface area (Å²) in [5, 5.41) is 5.74. The Balaban J connectivity index is 1.14. The highest BCUT2D eigenvalue weighted by Gasteiger charge is 2.23. The van der Waals surface area contributed by atoms with Gasteiger partial charge in [0.25, 0.3) is 5.91 Å². The molecule has 10 heteroatoms. The summed E-state index contributed by atoms with van der Waals surface area (Å²) in [6, 6.07) is 12.7. The second-order valence-electron chi connectivity index (χ2n) is 7.66. The Kier molecular flexibility index (Phi) is 6.06. The van der Waals surface area contributed by atoms with E-state index in [9.17, 15) is 9.59 Å². The van der Waals surface area contributed by atoms with E-state index in [0.717, 1.165) is 23.8 Å². The zero-order valence-electron chi connectivity index (χ0n) is 17.6. The quantitative estimate of drug-likeness (QED) is 0.595. The number of benzene rings is 2. The van der Waals surface area contributed by atoms with Crippen LogP contribution in [-0.2, 0) is 11.2 Å². The zero-order valence-corrected chi connectivity index (χ0v) is 19.2. The molecule has 0 atom stereocenters. The largest absolute Gasteiger partial charge is 0.454 e. The Labute approximate surface area is 199 Å². The maximum Gasteiger partial charge on any atom is 0.257 e. The molecule has 2 aliphatic rings. The van der Waals surface area contributed by atoms with Gasteiger partial charge in [-0.2, -0.15) is 0 Å². The Morgan fingerprint density at radius 3 is 2.67 bits per heavy atom. The molecule has 2 amide bonds. The molecule has 2 aromatic carbocycles. The van der Waals surface area contributed by atoms with Gasteiger partial charge in [0.1, 0.15) is 0 Å². The van der Waals surface area contributed by atoms with Gasteiger partial charge in [-0.15, -0.1) is 11.3 Å². The molecule has 1 fully saturated rings. The minimum Gasteiger partial charge on any atom is -0.454 e. The van der Waals surface area contributed by atoms with E-state index in [4.69, 9.17) is 21.1 Å². The van der Waals surface area contributed by atoms with Crippen molar-refractivity contribution in [3.8, 4) is 11.5 Å². The van der Waals surface area contributed by atoms with E-state index in [0.29, 0.717) is 41.0 Å². The van der Waals surface area contributed by atoms with Crippen LogP contribution >= 0.6 is 22.9 Å². The summed E-state index contributed by atoms with van der Waals surface area (Å²) in [6.45, 7) is 2.86. The summed E-state index contributed by atoms with van der Waals surface area (Å²) in [4.78, 5) is 33.8. The fourth-order valence-electron chi connectivity index (χ4n) is 3.82. The Morgan fingerprint density at radius 2 is 1.85 bits per heavy atom. The van der Waals surface area contributed by atoms with Crippen LogP contribution in [0.5, 0.6) is 11.5 Å². The highest BCUT2D eigenvalue weighted by Crippen LogP contribution is 2.33. The SMILES string of the molecule is O=C(Nc1nc(CC(=O)N2CCN(c3ccccc3Cl)CC2)cs1)c1ccc2c(c1)OCO2. The molecule has 0 bridgehead atoms. The van der Waals surface area contributed by atoms with Crippen molar-refractivity contribution in [2.45, 2.75) is 6.42 Å². The van der Waals surface area contributed by atoms with Crippen molar-refractivity contribution in [1.82, 2.24) is 9.88 Å². The molecule has 170 valence electrons. The maximum absolute atomic E-state index is 12.8. The number of para-hydroxylation sites is 1. The van der Waals surface area contributed by atoms with Crippen molar-refractivity contribution in [2.75, 3.05) is 43.2 Å². The second-order valence-corrected chi connectivity index (χ2v) is 8.93. The Hall–Kier alpha value is -3.30. The number of fused-ring (bicyclic) bond motifs is 1. The van der Waals surface area contributed by atoms with Gasteiger partial charge in [-0.05, 0) is 30.3 Å². The first-order chi connectivity index (χ1) is 16.1. The van der Waals surface area contributed by atoms with Crippen molar-refractivity contribution in [1.29, 1.82) is 0 Å². The van der Waals surface area contributed by atoms with E-state index in [-0.39, 0.29) is 25.0 Å². The van der Waals surface area contributed by atoms with Crippen LogP contribution < -0.4 is 19.7 Å². The van der Waals surface area contributed by atoms with Crippen molar-refractivity contribution in [2.24, 2.45) is 0 Å². The number of anilines is 2. The molecule has 1 saturated heterocycles. The average molecular weight is 485 g/mol. The molecule has 33 heavy (non-hydrogen) atoms. The third-order valence-electron chi connectivity index (χ3n) is 5.56. The van der Waals surface area contributed by atoms with Crippen molar-refractivity contribution in [3.05, 3.63) is 64.1 Å². The number of rotatable bonds is 5. The van der Waals surface area contributed by atoms with Crippen LogP contribution in [0.2, 0.25) is 5.02 Å². The van der Waals surface area contributed by atoms with Crippen LogP contribution in [-0.4, -0.2) is 54.7 Å². The van der Waals surface area contributed by atoms with Gasteiger partial charge in [-0.25, -0.2) is 4.98 Å². The molecule has 3 aromatic rings. The number of hydrogen-bond acceptors (Lipinski definition) is 7. The molecule has 0 aliphatic carbocycles. The van der Waals surface area contributed by atoms with Gasteiger partial charge in [0, 0.05) is 37.1 Å². The number of carbonyl (C=O) groups is 2. The van der Waals surface area contributed by atoms with E-state index in [1.807, 2.05) is 29.2 Å². The van der Waals surface area contributed by atoms with Crippen molar-refractivity contribution >= 4 is 45.6 Å². The number of aromatic nitrogens is 1. The molecular formula is C23H21ClN4O4S. The Bertz CT molecular complexity index is 1190. The van der Waals surface area contributed by atoms with Crippen molar-refractivity contribution < 1.29 is 19.1 Å². The summed E-state index contributed by atoms with van der Waals surface area (Å²) >= 11 is 7.59. The summed E-state index contributed by atoms with van der Waals surface area (Å²) in [5.74, 6) is 0.890. The fourth-order valence-corrected chi connectivity index (χ4v) is 4.78. The number of hydrogen-bond donors (Lipinski definition) is 1.